The topological polar surface area (TPSA) is 55.5 Å². The lowest BCUT2D eigenvalue weighted by Gasteiger charge is -2.25. The van der Waals surface area contributed by atoms with E-state index in [1.807, 2.05) is 30.0 Å². The summed E-state index contributed by atoms with van der Waals surface area (Å²) in [5.74, 6) is -0.510. The van der Waals surface area contributed by atoms with Gasteiger partial charge in [-0.1, -0.05) is 12.1 Å². The Balaban J connectivity index is 1.87. The molecule has 136 valence electrons. The van der Waals surface area contributed by atoms with E-state index in [0.717, 1.165) is 23.1 Å². The first-order valence-electron chi connectivity index (χ1n) is 8.62. The molecule has 5 rings (SSSR count). The molecule has 6 nitrogen and oxygen atoms in total. The summed E-state index contributed by atoms with van der Waals surface area (Å²) in [6, 6.07) is 8.37. The number of hydrogen-bond donors (Lipinski definition) is 0. The average molecular weight is 367 g/mol. The number of halogens is 2. The van der Waals surface area contributed by atoms with E-state index < -0.39 is 11.6 Å². The number of fused-ring (bicyclic) bond motifs is 4. The molecule has 0 bridgehead atoms. The summed E-state index contributed by atoms with van der Waals surface area (Å²) >= 11 is 0. The fourth-order valence-corrected chi connectivity index (χ4v) is 3.55. The molecule has 1 aliphatic rings. The molecule has 0 fully saturated rings. The normalized spacial score (nSPS) is 14.3. The summed E-state index contributed by atoms with van der Waals surface area (Å²) in [6.45, 7) is 3.05. The second-order valence-corrected chi connectivity index (χ2v) is 6.47. The first kappa shape index (κ1) is 15.9. The SMILES string of the molecule is Cc1cccc2c1OCCCN2c1nc2nncn2c2ccc(F)c(F)c12. The Morgan fingerprint density at radius 3 is 2.93 bits per heavy atom. The lowest BCUT2D eigenvalue weighted by atomic mass is 10.1. The van der Waals surface area contributed by atoms with Crippen molar-refractivity contribution in [3.63, 3.8) is 0 Å². The third kappa shape index (κ3) is 2.33. The van der Waals surface area contributed by atoms with Gasteiger partial charge in [-0.15, -0.1) is 10.2 Å². The largest absolute Gasteiger partial charge is 0.491 e. The van der Waals surface area contributed by atoms with Gasteiger partial charge < -0.3 is 9.64 Å². The zero-order valence-electron chi connectivity index (χ0n) is 14.5. The van der Waals surface area contributed by atoms with Crippen LogP contribution in [0.25, 0.3) is 16.7 Å². The van der Waals surface area contributed by atoms with Gasteiger partial charge in [0, 0.05) is 6.54 Å². The van der Waals surface area contributed by atoms with Crippen LogP contribution in [0.15, 0.2) is 36.7 Å². The molecule has 0 spiro atoms. The zero-order chi connectivity index (χ0) is 18.5. The van der Waals surface area contributed by atoms with Gasteiger partial charge in [-0.3, -0.25) is 4.40 Å². The average Bonchev–Trinajstić information content (AvgIpc) is 3.03. The van der Waals surface area contributed by atoms with Crippen molar-refractivity contribution in [2.24, 2.45) is 0 Å². The summed E-state index contributed by atoms with van der Waals surface area (Å²) in [6.07, 6.45) is 2.15. The number of rotatable bonds is 1. The van der Waals surface area contributed by atoms with E-state index in [9.17, 15) is 8.78 Å². The lowest BCUT2D eigenvalue weighted by Crippen LogP contribution is -2.20. The standard InChI is InChI=1S/C19H15F2N5O/c1-11-4-2-5-14-17(11)27-9-3-8-25(14)18-15-13(7-6-12(20)16(15)21)26-10-22-24-19(26)23-18/h2,4-7,10H,3,8-9H2,1H3. The van der Waals surface area contributed by atoms with Crippen molar-refractivity contribution in [1.82, 2.24) is 19.6 Å². The summed E-state index contributed by atoms with van der Waals surface area (Å²) < 4.78 is 36.4. The highest BCUT2D eigenvalue weighted by Crippen LogP contribution is 2.40. The van der Waals surface area contributed by atoms with Crippen LogP contribution >= 0.6 is 0 Å². The fraction of sp³-hybridized carbons (Fsp3) is 0.211. The predicted molar refractivity (Wildman–Crippen MR) is 96.5 cm³/mol. The molecule has 2 aromatic heterocycles. The first-order valence-corrected chi connectivity index (χ1v) is 8.62. The number of para-hydroxylation sites is 1. The van der Waals surface area contributed by atoms with Crippen molar-refractivity contribution in [3.05, 3.63) is 53.9 Å². The van der Waals surface area contributed by atoms with Crippen LogP contribution in [0.2, 0.25) is 0 Å². The molecule has 27 heavy (non-hydrogen) atoms. The van der Waals surface area contributed by atoms with Crippen LogP contribution in [0.3, 0.4) is 0 Å². The van der Waals surface area contributed by atoms with Gasteiger partial charge in [0.2, 0.25) is 0 Å². The maximum atomic E-state index is 14.9. The molecule has 0 atom stereocenters. The maximum Gasteiger partial charge on any atom is 0.257 e. The van der Waals surface area contributed by atoms with E-state index in [2.05, 4.69) is 15.2 Å². The van der Waals surface area contributed by atoms with E-state index in [0.29, 0.717) is 36.7 Å². The monoisotopic (exact) mass is 367 g/mol. The third-order valence-electron chi connectivity index (χ3n) is 4.80. The second kappa shape index (κ2) is 5.87. The van der Waals surface area contributed by atoms with Gasteiger partial charge in [0.25, 0.3) is 5.78 Å². The Morgan fingerprint density at radius 2 is 2.04 bits per heavy atom. The van der Waals surface area contributed by atoms with Crippen molar-refractivity contribution in [1.29, 1.82) is 0 Å². The molecule has 0 saturated heterocycles. The predicted octanol–water partition coefficient (Wildman–Crippen LogP) is 3.78. The summed E-state index contributed by atoms with van der Waals surface area (Å²) in [7, 11) is 0. The van der Waals surface area contributed by atoms with Gasteiger partial charge in [0.05, 0.1) is 23.2 Å². The van der Waals surface area contributed by atoms with E-state index >= 15 is 0 Å². The molecule has 0 aliphatic carbocycles. The van der Waals surface area contributed by atoms with Crippen LogP contribution in [0.5, 0.6) is 5.75 Å². The van der Waals surface area contributed by atoms with Crippen molar-refractivity contribution >= 4 is 28.2 Å². The van der Waals surface area contributed by atoms with Crippen LogP contribution < -0.4 is 9.64 Å². The van der Waals surface area contributed by atoms with Crippen LogP contribution in [0.4, 0.5) is 20.3 Å². The van der Waals surface area contributed by atoms with Crippen molar-refractivity contribution in [2.75, 3.05) is 18.1 Å². The number of benzene rings is 2. The van der Waals surface area contributed by atoms with E-state index in [-0.39, 0.29) is 5.39 Å². The number of aryl methyl sites for hydroxylation is 1. The fourth-order valence-electron chi connectivity index (χ4n) is 3.55. The Labute approximate surface area is 153 Å². The van der Waals surface area contributed by atoms with Gasteiger partial charge in [-0.25, -0.2) is 8.78 Å². The molecule has 0 radical (unpaired) electrons. The first-order chi connectivity index (χ1) is 13.1. The highest BCUT2D eigenvalue weighted by Gasteiger charge is 2.25. The minimum absolute atomic E-state index is 0.0941. The minimum atomic E-state index is -0.940. The van der Waals surface area contributed by atoms with Crippen LogP contribution in [-0.4, -0.2) is 32.7 Å². The van der Waals surface area contributed by atoms with Gasteiger partial charge in [-0.2, -0.15) is 4.98 Å². The maximum absolute atomic E-state index is 14.9. The molecule has 1 aliphatic heterocycles. The number of ether oxygens (including phenoxy) is 1. The minimum Gasteiger partial charge on any atom is -0.491 e. The number of anilines is 2. The van der Waals surface area contributed by atoms with Gasteiger partial charge in [0.1, 0.15) is 17.9 Å². The van der Waals surface area contributed by atoms with Crippen molar-refractivity contribution in [3.8, 4) is 5.75 Å². The number of aromatic nitrogens is 4. The molecular formula is C19H15F2N5O. The zero-order valence-corrected chi connectivity index (χ0v) is 14.5. The second-order valence-electron chi connectivity index (χ2n) is 6.47. The van der Waals surface area contributed by atoms with Gasteiger partial charge in [-0.05, 0) is 37.1 Å². The summed E-state index contributed by atoms with van der Waals surface area (Å²) in [4.78, 5) is 6.38. The molecular weight excluding hydrogens is 352 g/mol. The smallest absolute Gasteiger partial charge is 0.257 e. The number of nitrogens with zero attached hydrogens (tertiary/aromatic N) is 5. The Hall–Kier alpha value is -3.29. The lowest BCUT2D eigenvalue weighted by molar-refractivity contribution is 0.320. The highest BCUT2D eigenvalue weighted by atomic mass is 19.2. The Morgan fingerprint density at radius 1 is 1.15 bits per heavy atom. The van der Waals surface area contributed by atoms with Crippen LogP contribution in [0.1, 0.15) is 12.0 Å². The molecule has 0 amide bonds. The number of hydrogen-bond acceptors (Lipinski definition) is 5. The Bertz CT molecular complexity index is 1190. The molecule has 3 heterocycles. The molecule has 0 N–H and O–H groups in total. The van der Waals surface area contributed by atoms with E-state index in [4.69, 9.17) is 4.74 Å². The van der Waals surface area contributed by atoms with E-state index in [1.54, 1.807) is 4.40 Å². The third-order valence-corrected chi connectivity index (χ3v) is 4.80. The molecule has 4 aromatic rings. The summed E-state index contributed by atoms with van der Waals surface area (Å²) in [5, 5.41) is 7.95. The molecule has 2 aromatic carbocycles. The van der Waals surface area contributed by atoms with Crippen LogP contribution in [-0.2, 0) is 0 Å². The molecule has 0 saturated carbocycles. The molecule has 0 unspecified atom stereocenters. The highest BCUT2D eigenvalue weighted by molar-refractivity contribution is 5.94. The molecule has 8 heteroatoms. The van der Waals surface area contributed by atoms with Crippen molar-refractivity contribution < 1.29 is 13.5 Å². The van der Waals surface area contributed by atoms with E-state index in [1.165, 1.54) is 12.4 Å². The summed E-state index contributed by atoms with van der Waals surface area (Å²) in [5.41, 5.74) is 2.20. The Kier molecular flexibility index (Phi) is 3.46. The van der Waals surface area contributed by atoms with Gasteiger partial charge in [0.15, 0.2) is 11.6 Å². The van der Waals surface area contributed by atoms with Crippen molar-refractivity contribution in [2.45, 2.75) is 13.3 Å². The van der Waals surface area contributed by atoms with Crippen LogP contribution in [0, 0.1) is 18.6 Å². The quantitative estimate of drug-likeness (QED) is 0.512. The van der Waals surface area contributed by atoms with Gasteiger partial charge >= 0.3 is 0 Å².